The van der Waals surface area contributed by atoms with Crippen molar-refractivity contribution in [3.8, 4) is 22.5 Å². The number of aryl methyl sites for hydroxylation is 2. The highest BCUT2D eigenvalue weighted by Gasteiger charge is 2.22. The van der Waals surface area contributed by atoms with Gasteiger partial charge in [0.1, 0.15) is 0 Å². The number of imidazole rings is 1. The van der Waals surface area contributed by atoms with E-state index in [0.29, 0.717) is 23.0 Å². The Labute approximate surface area is 215 Å². The van der Waals surface area contributed by atoms with E-state index in [9.17, 15) is 9.59 Å². The Balaban J connectivity index is 1.56. The van der Waals surface area contributed by atoms with Crippen LogP contribution in [0.3, 0.4) is 0 Å². The van der Waals surface area contributed by atoms with Gasteiger partial charge in [-0.25, -0.2) is 4.98 Å². The Hall–Kier alpha value is -3.84. The first kappa shape index (κ1) is 25.3. The lowest BCUT2D eigenvalue weighted by molar-refractivity contribution is -0.116. The Morgan fingerprint density at radius 3 is 1.89 bits per heavy atom. The maximum Gasteiger partial charge on any atom is 0.237 e. The Kier molecular flexibility index (Phi) is 7.90. The highest BCUT2D eigenvalue weighted by atomic mass is 32.2. The minimum absolute atomic E-state index is 0.0973. The summed E-state index contributed by atoms with van der Waals surface area (Å²) in [7, 11) is 0. The number of thioether (sulfide) groups is 1. The summed E-state index contributed by atoms with van der Waals surface area (Å²) in [6, 6.07) is 23.7. The van der Waals surface area contributed by atoms with Crippen LogP contribution in [0.4, 0.5) is 11.4 Å². The average molecular weight is 499 g/mol. The van der Waals surface area contributed by atoms with Crippen LogP contribution in [-0.2, 0) is 9.59 Å². The molecule has 3 aromatic carbocycles. The van der Waals surface area contributed by atoms with Crippen LogP contribution in [0.5, 0.6) is 0 Å². The Morgan fingerprint density at radius 2 is 1.36 bits per heavy atom. The van der Waals surface area contributed by atoms with Crippen molar-refractivity contribution in [2.75, 3.05) is 10.6 Å². The first-order valence-electron chi connectivity index (χ1n) is 11.9. The van der Waals surface area contributed by atoms with Crippen molar-refractivity contribution >= 4 is 35.0 Å². The SMILES string of the molecule is CCC(Sc1nc(-c2ccc(C)cc2)c(-c2ccc(C)cc2)[nH]1)C(=O)Nc1ccc(NC(C)=O)cc1. The molecule has 1 aromatic heterocycles. The number of hydrogen-bond donors (Lipinski definition) is 3. The maximum absolute atomic E-state index is 13.1. The monoisotopic (exact) mass is 498 g/mol. The van der Waals surface area contributed by atoms with Crippen molar-refractivity contribution in [3.05, 3.63) is 83.9 Å². The number of amides is 2. The van der Waals surface area contributed by atoms with E-state index in [0.717, 1.165) is 22.5 Å². The zero-order chi connectivity index (χ0) is 25.7. The second-order valence-corrected chi connectivity index (χ2v) is 9.95. The minimum atomic E-state index is -0.331. The van der Waals surface area contributed by atoms with Gasteiger partial charge < -0.3 is 15.6 Å². The van der Waals surface area contributed by atoms with Crippen LogP contribution in [-0.4, -0.2) is 27.0 Å². The fraction of sp³-hybridized carbons (Fsp3) is 0.207. The summed E-state index contributed by atoms with van der Waals surface area (Å²) in [6.07, 6.45) is 0.640. The number of aromatic nitrogens is 2. The molecule has 184 valence electrons. The van der Waals surface area contributed by atoms with Gasteiger partial charge in [-0.1, -0.05) is 78.3 Å². The summed E-state index contributed by atoms with van der Waals surface area (Å²) in [6.45, 7) is 7.58. The third-order valence-corrected chi connectivity index (χ3v) is 6.99. The van der Waals surface area contributed by atoms with E-state index in [1.807, 2.05) is 6.92 Å². The number of nitrogens with one attached hydrogen (secondary N) is 3. The maximum atomic E-state index is 13.1. The van der Waals surface area contributed by atoms with Crippen molar-refractivity contribution in [2.45, 2.75) is 44.5 Å². The molecule has 4 rings (SSSR count). The molecule has 4 aromatic rings. The number of carbonyl (C=O) groups is 2. The third kappa shape index (κ3) is 6.23. The van der Waals surface area contributed by atoms with Gasteiger partial charge in [0.2, 0.25) is 11.8 Å². The summed E-state index contributed by atoms with van der Waals surface area (Å²) in [5.74, 6) is -0.234. The van der Waals surface area contributed by atoms with Crippen molar-refractivity contribution in [2.24, 2.45) is 0 Å². The Morgan fingerprint density at radius 1 is 0.833 bits per heavy atom. The van der Waals surface area contributed by atoms with Crippen molar-refractivity contribution in [3.63, 3.8) is 0 Å². The fourth-order valence-electron chi connectivity index (χ4n) is 3.78. The van der Waals surface area contributed by atoms with Crippen molar-refractivity contribution in [1.82, 2.24) is 9.97 Å². The van der Waals surface area contributed by atoms with E-state index >= 15 is 0 Å². The van der Waals surface area contributed by atoms with Crippen molar-refractivity contribution < 1.29 is 9.59 Å². The molecule has 1 atom stereocenters. The van der Waals surface area contributed by atoms with Gasteiger partial charge in [-0.05, 0) is 44.5 Å². The van der Waals surface area contributed by atoms with Crippen LogP contribution >= 0.6 is 11.8 Å². The van der Waals surface area contributed by atoms with Crippen LogP contribution in [0.1, 0.15) is 31.4 Å². The number of hydrogen-bond acceptors (Lipinski definition) is 4. The van der Waals surface area contributed by atoms with Gasteiger partial charge in [0, 0.05) is 29.4 Å². The molecule has 0 fully saturated rings. The molecule has 36 heavy (non-hydrogen) atoms. The quantitative estimate of drug-likeness (QED) is 0.232. The Bertz CT molecular complexity index is 1280. The van der Waals surface area contributed by atoms with Crippen LogP contribution in [0.25, 0.3) is 22.5 Å². The summed E-state index contributed by atoms with van der Waals surface area (Å²) < 4.78 is 0. The number of carbonyl (C=O) groups excluding carboxylic acids is 2. The van der Waals surface area contributed by atoms with Crippen LogP contribution < -0.4 is 10.6 Å². The summed E-state index contributed by atoms with van der Waals surface area (Å²) in [4.78, 5) is 32.7. The molecule has 0 spiro atoms. The lowest BCUT2D eigenvalue weighted by atomic mass is 10.0. The van der Waals surface area contributed by atoms with E-state index in [1.54, 1.807) is 24.3 Å². The molecule has 6 nitrogen and oxygen atoms in total. The largest absolute Gasteiger partial charge is 0.332 e. The van der Waals surface area contributed by atoms with Crippen LogP contribution in [0.2, 0.25) is 0 Å². The zero-order valence-corrected chi connectivity index (χ0v) is 21.7. The second kappa shape index (κ2) is 11.3. The summed E-state index contributed by atoms with van der Waals surface area (Å²) in [5.41, 5.74) is 7.61. The van der Waals surface area contributed by atoms with Gasteiger partial charge in [0.15, 0.2) is 5.16 Å². The highest BCUT2D eigenvalue weighted by molar-refractivity contribution is 8.00. The molecule has 7 heteroatoms. The zero-order valence-electron chi connectivity index (χ0n) is 20.9. The second-order valence-electron chi connectivity index (χ2n) is 8.76. The number of benzene rings is 3. The first-order chi connectivity index (χ1) is 17.3. The smallest absolute Gasteiger partial charge is 0.237 e. The normalized spacial score (nSPS) is 11.7. The highest BCUT2D eigenvalue weighted by Crippen LogP contribution is 2.35. The average Bonchev–Trinajstić information content (AvgIpc) is 3.28. The molecular weight excluding hydrogens is 468 g/mol. The van der Waals surface area contributed by atoms with Gasteiger partial charge in [-0.3, -0.25) is 9.59 Å². The number of anilines is 2. The molecule has 0 aliphatic heterocycles. The van der Waals surface area contributed by atoms with Gasteiger partial charge in [0.25, 0.3) is 0 Å². The molecule has 0 aliphatic rings. The molecule has 2 amide bonds. The van der Waals surface area contributed by atoms with Gasteiger partial charge in [-0.2, -0.15) is 0 Å². The van der Waals surface area contributed by atoms with E-state index < -0.39 is 0 Å². The van der Waals surface area contributed by atoms with Crippen molar-refractivity contribution in [1.29, 1.82) is 0 Å². The number of rotatable bonds is 8. The van der Waals surface area contributed by atoms with Crippen LogP contribution in [0.15, 0.2) is 78.0 Å². The summed E-state index contributed by atoms with van der Waals surface area (Å²) in [5, 5.41) is 6.07. The fourth-order valence-corrected chi connectivity index (χ4v) is 4.68. The molecule has 3 N–H and O–H groups in total. The predicted octanol–water partition coefficient (Wildman–Crippen LogP) is 6.83. The number of nitrogens with zero attached hydrogens (tertiary/aromatic N) is 1. The lowest BCUT2D eigenvalue weighted by Gasteiger charge is -2.13. The van der Waals surface area contributed by atoms with E-state index in [4.69, 9.17) is 4.98 Å². The van der Waals surface area contributed by atoms with Crippen LogP contribution in [0, 0.1) is 13.8 Å². The molecular formula is C29H30N4O2S. The number of H-pyrrole nitrogens is 1. The standard InChI is InChI=1S/C29H30N4O2S/c1-5-25(28(35)31-24-16-14-23(15-17-24)30-20(4)34)36-29-32-26(21-10-6-18(2)7-11-21)27(33-29)22-12-8-19(3)9-13-22/h6-17,25H,5H2,1-4H3,(H,30,34)(H,31,35)(H,32,33). The van der Waals surface area contributed by atoms with E-state index in [1.165, 1.54) is 29.8 Å². The molecule has 1 heterocycles. The van der Waals surface area contributed by atoms with E-state index in [-0.39, 0.29) is 17.1 Å². The molecule has 0 bridgehead atoms. The number of aromatic amines is 1. The van der Waals surface area contributed by atoms with Gasteiger partial charge in [-0.15, -0.1) is 0 Å². The third-order valence-electron chi connectivity index (χ3n) is 5.74. The minimum Gasteiger partial charge on any atom is -0.332 e. The molecule has 1 unspecified atom stereocenters. The van der Waals surface area contributed by atoms with Gasteiger partial charge >= 0.3 is 0 Å². The molecule has 0 saturated heterocycles. The predicted molar refractivity (Wildman–Crippen MR) is 148 cm³/mol. The summed E-state index contributed by atoms with van der Waals surface area (Å²) >= 11 is 1.42. The first-order valence-corrected chi connectivity index (χ1v) is 12.8. The van der Waals surface area contributed by atoms with Gasteiger partial charge in [0.05, 0.1) is 16.6 Å². The topological polar surface area (TPSA) is 86.9 Å². The van der Waals surface area contributed by atoms with E-state index in [2.05, 4.69) is 78.0 Å². The lowest BCUT2D eigenvalue weighted by Crippen LogP contribution is -2.24. The molecule has 0 radical (unpaired) electrons. The molecule has 0 aliphatic carbocycles. The molecule has 0 saturated carbocycles.